The fourth-order valence-electron chi connectivity index (χ4n) is 2.84. The number of nitrogens with zero attached hydrogens (tertiary/aromatic N) is 4. The molecular weight excluding hydrogens is 368 g/mol. The molecule has 8 nitrogen and oxygen atoms in total. The van der Waals surface area contributed by atoms with Crippen molar-refractivity contribution in [2.75, 3.05) is 13.7 Å². The molecule has 0 fully saturated rings. The lowest BCUT2D eigenvalue weighted by atomic mass is 10.1. The fourth-order valence-corrected chi connectivity index (χ4v) is 3.32. The van der Waals surface area contributed by atoms with Crippen LogP contribution in [0.5, 0.6) is 0 Å². The third kappa shape index (κ3) is 4.38. The highest BCUT2D eigenvalue weighted by molar-refractivity contribution is 7.76. The molecule has 0 bridgehead atoms. The van der Waals surface area contributed by atoms with Crippen LogP contribution in [0.2, 0.25) is 0 Å². The number of methoxy groups -OCH3 is 1. The predicted octanol–water partition coefficient (Wildman–Crippen LogP) is 1.59. The molecule has 0 aliphatic carbocycles. The average molecular weight is 387 g/mol. The Balaban J connectivity index is 1.70. The molecule has 9 heteroatoms. The minimum atomic E-state index is -2.39. The molecule has 3 aromatic rings. The lowest BCUT2D eigenvalue weighted by molar-refractivity contribution is 0.0600. The minimum absolute atomic E-state index is 0.126. The molecule has 1 aromatic carbocycles. The first-order valence-electron chi connectivity index (χ1n) is 8.26. The number of fused-ring (bicyclic) bond motifs is 1. The van der Waals surface area contributed by atoms with E-state index < -0.39 is 17.2 Å². The molecule has 0 N–H and O–H groups in total. The van der Waals surface area contributed by atoms with E-state index >= 15 is 0 Å². The van der Waals surface area contributed by atoms with Crippen molar-refractivity contribution >= 4 is 28.1 Å². The summed E-state index contributed by atoms with van der Waals surface area (Å²) in [5.41, 5.74) is 2.90. The second-order valence-electron chi connectivity index (χ2n) is 5.98. The number of aryl methyl sites for hydroxylation is 1. The van der Waals surface area contributed by atoms with Crippen molar-refractivity contribution in [1.29, 1.82) is 0 Å². The minimum Gasteiger partial charge on any atom is -0.760 e. The van der Waals surface area contributed by atoms with Gasteiger partial charge in [0.2, 0.25) is 0 Å². The summed E-state index contributed by atoms with van der Waals surface area (Å²) in [5.74, 6) is -0.483. The summed E-state index contributed by atoms with van der Waals surface area (Å²) in [4.78, 5) is 15.6. The maximum Gasteiger partial charge on any atom is 0.339 e. The first kappa shape index (κ1) is 19.2. The SMILES string of the molecule is COC(=O)c1ccc(CN(CCc2cccc3c2cnn3C)S(=O)[O-])nc1. The number of pyridine rings is 1. The fraction of sp³-hybridized carbons (Fsp3) is 0.278. The summed E-state index contributed by atoms with van der Waals surface area (Å²) >= 11 is -2.39. The Kier molecular flexibility index (Phi) is 5.94. The van der Waals surface area contributed by atoms with Gasteiger partial charge in [0.05, 0.1) is 36.6 Å². The van der Waals surface area contributed by atoms with Crippen molar-refractivity contribution in [3.8, 4) is 0 Å². The Bertz CT molecular complexity index is 971. The molecular formula is C18H19N4O4S-. The Morgan fingerprint density at radius 1 is 1.30 bits per heavy atom. The summed E-state index contributed by atoms with van der Waals surface area (Å²) in [7, 11) is 3.16. The lowest BCUT2D eigenvalue weighted by Crippen LogP contribution is -2.28. The number of hydrogen-bond donors (Lipinski definition) is 0. The van der Waals surface area contributed by atoms with Gasteiger partial charge in [0.1, 0.15) is 0 Å². The Hall–Kier alpha value is -2.62. The van der Waals surface area contributed by atoms with E-state index in [1.165, 1.54) is 17.6 Å². The van der Waals surface area contributed by atoms with Gasteiger partial charge in [-0.15, -0.1) is 0 Å². The van der Waals surface area contributed by atoms with E-state index in [9.17, 15) is 13.6 Å². The Morgan fingerprint density at radius 2 is 2.11 bits per heavy atom. The normalized spacial score (nSPS) is 12.4. The van der Waals surface area contributed by atoms with Crippen LogP contribution >= 0.6 is 0 Å². The van der Waals surface area contributed by atoms with Gasteiger partial charge in [0.15, 0.2) is 0 Å². The summed E-state index contributed by atoms with van der Waals surface area (Å²) in [5, 5.41) is 5.26. The molecule has 27 heavy (non-hydrogen) atoms. The second-order valence-corrected chi connectivity index (χ2v) is 6.93. The molecule has 0 saturated carbocycles. The van der Waals surface area contributed by atoms with E-state index in [4.69, 9.17) is 0 Å². The highest BCUT2D eigenvalue weighted by Crippen LogP contribution is 2.19. The molecule has 0 spiro atoms. The number of esters is 1. The van der Waals surface area contributed by atoms with Crippen molar-refractivity contribution in [2.45, 2.75) is 13.0 Å². The smallest absolute Gasteiger partial charge is 0.339 e. The molecule has 2 heterocycles. The quantitative estimate of drug-likeness (QED) is 0.451. The average Bonchev–Trinajstić information content (AvgIpc) is 3.06. The van der Waals surface area contributed by atoms with Crippen molar-refractivity contribution in [3.05, 3.63) is 59.5 Å². The van der Waals surface area contributed by atoms with E-state index in [1.807, 2.05) is 25.2 Å². The van der Waals surface area contributed by atoms with Crippen molar-refractivity contribution < 1.29 is 18.3 Å². The molecule has 1 atom stereocenters. The topological polar surface area (TPSA) is 100 Å². The summed E-state index contributed by atoms with van der Waals surface area (Å²) in [6.45, 7) is 0.436. The third-order valence-electron chi connectivity index (χ3n) is 4.31. The molecule has 3 rings (SSSR count). The number of ether oxygens (including phenoxy) is 1. The molecule has 0 saturated heterocycles. The highest BCUT2D eigenvalue weighted by Gasteiger charge is 2.12. The van der Waals surface area contributed by atoms with Gasteiger partial charge >= 0.3 is 5.97 Å². The third-order valence-corrected chi connectivity index (χ3v) is 5.04. The van der Waals surface area contributed by atoms with Gasteiger partial charge in [-0.1, -0.05) is 12.1 Å². The Labute approximate surface area is 159 Å². The van der Waals surface area contributed by atoms with Crippen LogP contribution in [0.15, 0.2) is 42.7 Å². The summed E-state index contributed by atoms with van der Waals surface area (Å²) in [6, 6.07) is 9.07. The maximum atomic E-state index is 11.6. The van der Waals surface area contributed by atoms with Gasteiger partial charge < -0.3 is 9.29 Å². The maximum absolute atomic E-state index is 11.6. The monoisotopic (exact) mass is 387 g/mol. The molecule has 0 radical (unpaired) electrons. The number of carbonyl (C=O) groups is 1. The first-order chi connectivity index (χ1) is 13.0. The molecule has 1 unspecified atom stereocenters. The van der Waals surface area contributed by atoms with E-state index in [2.05, 4.69) is 14.8 Å². The highest BCUT2D eigenvalue weighted by atomic mass is 32.2. The second kappa shape index (κ2) is 8.38. The molecule has 142 valence electrons. The number of aromatic nitrogens is 3. The van der Waals surface area contributed by atoms with Gasteiger partial charge in [-0.2, -0.15) is 5.10 Å². The van der Waals surface area contributed by atoms with Crippen LogP contribution in [0.3, 0.4) is 0 Å². The van der Waals surface area contributed by atoms with Crippen LogP contribution in [0.4, 0.5) is 0 Å². The van der Waals surface area contributed by atoms with Crippen LogP contribution in [0.25, 0.3) is 10.9 Å². The summed E-state index contributed by atoms with van der Waals surface area (Å²) < 4.78 is 31.0. The summed E-state index contributed by atoms with van der Waals surface area (Å²) in [6.07, 6.45) is 3.72. The number of rotatable bonds is 7. The predicted molar refractivity (Wildman–Crippen MR) is 99.3 cm³/mol. The van der Waals surface area contributed by atoms with Crippen LogP contribution < -0.4 is 0 Å². The Morgan fingerprint density at radius 3 is 2.78 bits per heavy atom. The lowest BCUT2D eigenvalue weighted by Gasteiger charge is -2.24. The van der Waals surface area contributed by atoms with E-state index in [0.29, 0.717) is 24.2 Å². The van der Waals surface area contributed by atoms with Gasteiger partial charge in [-0.25, -0.2) is 9.10 Å². The molecule has 2 aromatic heterocycles. The van der Waals surface area contributed by atoms with Gasteiger partial charge in [-0.05, 0) is 30.2 Å². The molecule has 0 amide bonds. The van der Waals surface area contributed by atoms with Crippen molar-refractivity contribution in [3.63, 3.8) is 0 Å². The van der Waals surface area contributed by atoms with Crippen LogP contribution in [-0.2, 0) is 36.0 Å². The zero-order valence-electron chi connectivity index (χ0n) is 15.0. The van der Waals surface area contributed by atoms with Crippen LogP contribution in [-0.4, -0.2) is 47.5 Å². The zero-order chi connectivity index (χ0) is 19.4. The zero-order valence-corrected chi connectivity index (χ0v) is 15.8. The van der Waals surface area contributed by atoms with Gasteiger partial charge in [-0.3, -0.25) is 13.9 Å². The van der Waals surface area contributed by atoms with E-state index in [0.717, 1.165) is 16.5 Å². The largest absolute Gasteiger partial charge is 0.760 e. The van der Waals surface area contributed by atoms with Crippen LogP contribution in [0, 0.1) is 0 Å². The van der Waals surface area contributed by atoms with Gasteiger partial charge in [0, 0.05) is 36.4 Å². The molecule has 0 aliphatic rings. The number of carbonyl (C=O) groups excluding carboxylic acids is 1. The number of hydrogen-bond acceptors (Lipinski definition) is 6. The first-order valence-corrected chi connectivity index (χ1v) is 9.30. The van der Waals surface area contributed by atoms with E-state index in [-0.39, 0.29) is 6.54 Å². The van der Waals surface area contributed by atoms with Crippen molar-refractivity contribution in [2.24, 2.45) is 7.05 Å². The van der Waals surface area contributed by atoms with Crippen LogP contribution in [0.1, 0.15) is 21.6 Å². The standard InChI is InChI=1S/C18H20N4O4S/c1-21-17-5-3-4-13(16(17)11-20-21)8-9-22(27(24)25)12-15-7-6-14(10-19-15)18(23)26-2/h3-7,10-11H,8-9,12H2,1-2H3,(H,24,25)/p-1. The molecule has 0 aliphatic heterocycles. The number of benzene rings is 1. The van der Waals surface area contributed by atoms with Gasteiger partial charge in [0.25, 0.3) is 0 Å². The van der Waals surface area contributed by atoms with Crippen molar-refractivity contribution in [1.82, 2.24) is 19.1 Å². The van der Waals surface area contributed by atoms with E-state index in [1.54, 1.807) is 23.0 Å².